The summed E-state index contributed by atoms with van der Waals surface area (Å²) < 4.78 is 5.35. The number of pyridine rings is 1. The number of rotatable bonds is 5. The molecule has 130 valence electrons. The van der Waals surface area contributed by atoms with Gasteiger partial charge in [-0.05, 0) is 23.6 Å². The van der Waals surface area contributed by atoms with Crippen molar-refractivity contribution in [2.75, 3.05) is 0 Å². The van der Waals surface area contributed by atoms with Crippen LogP contribution in [0.5, 0.6) is 0 Å². The van der Waals surface area contributed by atoms with Crippen LogP contribution in [0, 0.1) is 0 Å². The lowest BCUT2D eigenvalue weighted by Crippen LogP contribution is -2.30. The number of nitrogens with zero attached hydrogens (tertiary/aromatic N) is 2. The summed E-state index contributed by atoms with van der Waals surface area (Å²) in [6.45, 7) is 0.618. The van der Waals surface area contributed by atoms with Crippen molar-refractivity contribution in [2.45, 2.75) is 13.1 Å². The Morgan fingerprint density at radius 1 is 1.08 bits per heavy atom. The molecule has 9 heteroatoms. The molecule has 4 nitrogen and oxygen atoms in total. The van der Waals surface area contributed by atoms with Gasteiger partial charge in [0, 0.05) is 4.88 Å². The maximum atomic E-state index is 13.0. The molecule has 0 saturated carbocycles. The van der Waals surface area contributed by atoms with E-state index in [0.717, 1.165) is 4.88 Å². The lowest BCUT2D eigenvalue weighted by atomic mass is 10.2. The van der Waals surface area contributed by atoms with Gasteiger partial charge in [0.1, 0.15) is 16.6 Å². The first-order chi connectivity index (χ1) is 12.0. The Labute approximate surface area is 167 Å². The quantitative estimate of drug-likeness (QED) is 0.448. The summed E-state index contributed by atoms with van der Waals surface area (Å²) in [5.74, 6) is 0.211. The molecule has 0 aliphatic rings. The van der Waals surface area contributed by atoms with E-state index < -0.39 is 5.91 Å². The monoisotopic (exact) mass is 434 g/mol. The number of hydrogen-bond acceptors (Lipinski definition) is 4. The minimum absolute atomic E-state index is 0.000700. The molecule has 0 saturated heterocycles. The Balaban J connectivity index is 1.96. The van der Waals surface area contributed by atoms with Gasteiger partial charge in [0.2, 0.25) is 0 Å². The number of carbonyl (C=O) groups is 1. The first kappa shape index (κ1) is 18.5. The van der Waals surface area contributed by atoms with E-state index in [1.54, 1.807) is 23.3 Å². The first-order valence-corrected chi connectivity index (χ1v) is 9.40. The predicted molar refractivity (Wildman–Crippen MR) is 101 cm³/mol. The molecule has 0 unspecified atom stereocenters. The van der Waals surface area contributed by atoms with Gasteiger partial charge in [0.15, 0.2) is 0 Å². The van der Waals surface area contributed by atoms with Gasteiger partial charge in [-0.1, -0.05) is 52.5 Å². The summed E-state index contributed by atoms with van der Waals surface area (Å²) >= 11 is 25.6. The third-order valence-corrected chi connectivity index (χ3v) is 5.87. The minimum Gasteiger partial charge on any atom is -0.467 e. The topological polar surface area (TPSA) is 46.3 Å². The van der Waals surface area contributed by atoms with Crippen LogP contribution in [0.2, 0.25) is 20.2 Å². The number of halogens is 4. The molecule has 0 fully saturated rings. The van der Waals surface area contributed by atoms with Gasteiger partial charge in [-0.2, -0.15) is 0 Å². The normalized spacial score (nSPS) is 10.9. The Morgan fingerprint density at radius 3 is 2.52 bits per heavy atom. The molecule has 3 aromatic rings. The summed E-state index contributed by atoms with van der Waals surface area (Å²) in [5, 5.41) is 1.85. The van der Waals surface area contributed by atoms with Crippen LogP contribution in [0.15, 0.2) is 40.3 Å². The molecule has 0 aromatic carbocycles. The van der Waals surface area contributed by atoms with E-state index in [0.29, 0.717) is 12.3 Å². The number of thiophene rings is 1. The third kappa shape index (κ3) is 4.13. The van der Waals surface area contributed by atoms with Gasteiger partial charge in [0.25, 0.3) is 5.91 Å². The highest BCUT2D eigenvalue weighted by atomic mass is 35.5. The Kier molecular flexibility index (Phi) is 5.92. The van der Waals surface area contributed by atoms with Crippen LogP contribution >= 0.6 is 57.7 Å². The average Bonchev–Trinajstić information content (AvgIpc) is 3.29. The summed E-state index contributed by atoms with van der Waals surface area (Å²) in [4.78, 5) is 19.6. The van der Waals surface area contributed by atoms with E-state index in [9.17, 15) is 4.79 Å². The standard InChI is InChI=1S/C16H10Cl4N2O2S/c17-11-12(18)14(21-15(20)13(11)19)16(23)22(7-9-3-1-5-24-9)8-10-4-2-6-25-10/h1-6H,7-8H2. The Hall–Kier alpha value is -1.24. The van der Waals surface area contributed by atoms with E-state index in [2.05, 4.69) is 4.98 Å². The van der Waals surface area contributed by atoms with Crippen molar-refractivity contribution in [3.63, 3.8) is 0 Å². The number of amides is 1. The van der Waals surface area contributed by atoms with E-state index in [1.807, 2.05) is 17.5 Å². The number of hydrogen-bond donors (Lipinski definition) is 0. The molecule has 25 heavy (non-hydrogen) atoms. The highest BCUT2D eigenvalue weighted by molar-refractivity contribution is 7.09. The fourth-order valence-electron chi connectivity index (χ4n) is 2.16. The number of furan rings is 1. The molecule has 0 aliphatic heterocycles. The Bertz CT molecular complexity index is 846. The predicted octanol–water partition coefficient (Wildman–Crippen LogP) is 6.19. The van der Waals surface area contributed by atoms with Crippen molar-refractivity contribution in [3.8, 4) is 0 Å². The molecule has 0 spiro atoms. The molecular weight excluding hydrogens is 426 g/mol. The van der Waals surface area contributed by atoms with Crippen LogP contribution in [0.3, 0.4) is 0 Å². The van der Waals surface area contributed by atoms with Crippen molar-refractivity contribution in [2.24, 2.45) is 0 Å². The van der Waals surface area contributed by atoms with Crippen LogP contribution in [-0.2, 0) is 13.1 Å². The molecular formula is C16H10Cl4N2O2S. The van der Waals surface area contributed by atoms with Gasteiger partial charge >= 0.3 is 0 Å². The molecule has 3 aromatic heterocycles. The third-order valence-electron chi connectivity index (χ3n) is 3.33. The second kappa shape index (κ2) is 7.98. The van der Waals surface area contributed by atoms with Gasteiger partial charge < -0.3 is 9.32 Å². The van der Waals surface area contributed by atoms with Gasteiger partial charge in [-0.25, -0.2) is 4.98 Å². The summed E-state index contributed by atoms with van der Waals surface area (Å²) in [5.41, 5.74) is -0.0517. The van der Waals surface area contributed by atoms with Crippen molar-refractivity contribution in [1.82, 2.24) is 9.88 Å². The molecule has 0 radical (unpaired) electrons. The maximum absolute atomic E-state index is 13.0. The molecule has 1 amide bonds. The molecule has 0 N–H and O–H groups in total. The van der Waals surface area contributed by atoms with Crippen LogP contribution < -0.4 is 0 Å². The van der Waals surface area contributed by atoms with Crippen molar-refractivity contribution < 1.29 is 9.21 Å². The summed E-state index contributed by atoms with van der Waals surface area (Å²) in [7, 11) is 0. The van der Waals surface area contributed by atoms with Crippen LogP contribution in [0.25, 0.3) is 0 Å². The highest BCUT2D eigenvalue weighted by Crippen LogP contribution is 2.36. The summed E-state index contributed by atoms with van der Waals surface area (Å²) in [6, 6.07) is 7.39. The van der Waals surface area contributed by atoms with Crippen LogP contribution in [-0.4, -0.2) is 15.8 Å². The lowest BCUT2D eigenvalue weighted by Gasteiger charge is -2.21. The van der Waals surface area contributed by atoms with Crippen molar-refractivity contribution >= 4 is 63.6 Å². The molecule has 0 bridgehead atoms. The molecule has 0 aliphatic carbocycles. The van der Waals surface area contributed by atoms with E-state index in [1.165, 1.54) is 11.3 Å². The Morgan fingerprint density at radius 2 is 1.88 bits per heavy atom. The van der Waals surface area contributed by atoms with E-state index in [-0.39, 0.29) is 32.5 Å². The number of aromatic nitrogens is 1. The van der Waals surface area contributed by atoms with Gasteiger partial charge in [-0.15, -0.1) is 11.3 Å². The fourth-order valence-corrected chi connectivity index (χ4v) is 3.69. The van der Waals surface area contributed by atoms with Gasteiger partial charge in [-0.3, -0.25) is 4.79 Å². The minimum atomic E-state index is -0.421. The first-order valence-electron chi connectivity index (χ1n) is 7.01. The van der Waals surface area contributed by atoms with E-state index >= 15 is 0 Å². The van der Waals surface area contributed by atoms with Crippen LogP contribution in [0.4, 0.5) is 0 Å². The fraction of sp³-hybridized carbons (Fsp3) is 0.125. The summed E-state index contributed by atoms with van der Waals surface area (Å²) in [6.07, 6.45) is 1.55. The maximum Gasteiger partial charge on any atom is 0.274 e. The van der Waals surface area contributed by atoms with Crippen LogP contribution in [0.1, 0.15) is 21.1 Å². The lowest BCUT2D eigenvalue weighted by molar-refractivity contribution is 0.0714. The van der Waals surface area contributed by atoms with Gasteiger partial charge in [0.05, 0.1) is 34.4 Å². The zero-order valence-electron chi connectivity index (χ0n) is 12.5. The van der Waals surface area contributed by atoms with E-state index in [4.69, 9.17) is 50.8 Å². The largest absolute Gasteiger partial charge is 0.467 e. The van der Waals surface area contributed by atoms with Crippen molar-refractivity contribution in [1.29, 1.82) is 0 Å². The zero-order valence-corrected chi connectivity index (χ0v) is 16.3. The second-order valence-electron chi connectivity index (χ2n) is 5.01. The second-order valence-corrected chi connectivity index (χ2v) is 7.54. The van der Waals surface area contributed by atoms with Crippen molar-refractivity contribution in [3.05, 3.63) is 72.5 Å². The molecule has 0 atom stereocenters. The molecule has 3 rings (SSSR count). The molecule has 3 heterocycles. The highest BCUT2D eigenvalue weighted by Gasteiger charge is 2.25. The average molecular weight is 436 g/mol. The number of carbonyl (C=O) groups excluding carboxylic acids is 1. The zero-order chi connectivity index (χ0) is 18.0. The smallest absolute Gasteiger partial charge is 0.274 e. The SMILES string of the molecule is O=C(c1nc(Cl)c(Cl)c(Cl)c1Cl)N(Cc1ccco1)Cc1cccs1.